The SMILES string of the molecule is C[C@H](Oc1cc(-c2nn(C)c3c(C#CC4CCN(C(=O)OC(C)(C)C)CC4)cnc(N)c23)ccc1NS(=O)(=O)C(F)F)c1ccc(F)cc1. The van der Waals surface area contributed by atoms with Gasteiger partial charge in [-0.05, 0) is 70.4 Å². The van der Waals surface area contributed by atoms with E-state index in [4.69, 9.17) is 15.2 Å². The predicted molar refractivity (Wildman–Crippen MR) is 180 cm³/mol. The molecule has 1 amide bonds. The zero-order valence-corrected chi connectivity index (χ0v) is 28.4. The Kier molecular flexibility index (Phi) is 10.0. The molecule has 2 aromatic carbocycles. The van der Waals surface area contributed by atoms with Gasteiger partial charge in [0.2, 0.25) is 0 Å². The van der Waals surface area contributed by atoms with Crippen LogP contribution in [0.25, 0.3) is 22.2 Å². The number of sulfonamides is 1. The maximum Gasteiger partial charge on any atom is 0.410 e. The van der Waals surface area contributed by atoms with Crippen LogP contribution >= 0.6 is 0 Å². The van der Waals surface area contributed by atoms with E-state index >= 15 is 0 Å². The highest BCUT2D eigenvalue weighted by Crippen LogP contribution is 2.38. The molecule has 1 aliphatic rings. The number of alkyl halides is 2. The molecule has 2 aromatic heterocycles. The van der Waals surface area contributed by atoms with E-state index in [9.17, 15) is 26.4 Å². The molecular weight excluding hydrogens is 661 g/mol. The second kappa shape index (κ2) is 13.9. The average Bonchev–Trinajstić information content (AvgIpc) is 3.39. The molecule has 0 saturated carbocycles. The van der Waals surface area contributed by atoms with Crippen molar-refractivity contribution in [3.63, 3.8) is 0 Å². The molecule has 0 spiro atoms. The number of carbonyl (C=O) groups excluding carboxylic acids is 1. The molecule has 0 aliphatic carbocycles. The largest absolute Gasteiger partial charge is 0.484 e. The van der Waals surface area contributed by atoms with Crippen molar-refractivity contribution in [1.29, 1.82) is 0 Å². The summed E-state index contributed by atoms with van der Waals surface area (Å²) in [6.45, 7) is 8.17. The summed E-state index contributed by atoms with van der Waals surface area (Å²) in [4.78, 5) is 18.5. The number of benzene rings is 2. The molecule has 15 heteroatoms. The monoisotopic (exact) mass is 698 g/mol. The van der Waals surface area contributed by atoms with Crippen LogP contribution in [0.15, 0.2) is 48.7 Å². The molecule has 1 saturated heterocycles. The third kappa shape index (κ3) is 8.19. The van der Waals surface area contributed by atoms with Gasteiger partial charge in [-0.15, -0.1) is 0 Å². The van der Waals surface area contributed by atoms with Gasteiger partial charge in [0.05, 0.1) is 22.2 Å². The quantitative estimate of drug-likeness (QED) is 0.210. The summed E-state index contributed by atoms with van der Waals surface area (Å²) in [5.74, 6) is 2.51. The van der Waals surface area contributed by atoms with E-state index < -0.39 is 33.3 Å². The van der Waals surface area contributed by atoms with Crippen molar-refractivity contribution in [2.75, 3.05) is 23.5 Å². The number of carbonyl (C=O) groups is 1. The third-order valence-corrected chi connectivity index (χ3v) is 8.81. The number of likely N-dealkylation sites (tertiary alicyclic amines) is 1. The van der Waals surface area contributed by atoms with E-state index in [1.807, 2.05) is 25.5 Å². The van der Waals surface area contributed by atoms with E-state index in [0.29, 0.717) is 59.2 Å². The van der Waals surface area contributed by atoms with Crippen molar-refractivity contribution in [1.82, 2.24) is 19.7 Å². The lowest BCUT2D eigenvalue weighted by Gasteiger charge is -2.31. The summed E-state index contributed by atoms with van der Waals surface area (Å²) in [5, 5.41) is 5.15. The van der Waals surface area contributed by atoms with E-state index in [1.165, 1.54) is 42.5 Å². The molecule has 1 fully saturated rings. The first-order chi connectivity index (χ1) is 23.0. The lowest BCUT2D eigenvalue weighted by atomic mass is 9.97. The van der Waals surface area contributed by atoms with Gasteiger partial charge in [-0.2, -0.15) is 13.9 Å². The van der Waals surface area contributed by atoms with Gasteiger partial charge in [0.25, 0.3) is 10.0 Å². The fourth-order valence-corrected chi connectivity index (χ4v) is 5.95. The number of fused-ring (bicyclic) bond motifs is 1. The smallest absolute Gasteiger partial charge is 0.410 e. The van der Waals surface area contributed by atoms with Gasteiger partial charge in [-0.1, -0.05) is 30.0 Å². The summed E-state index contributed by atoms with van der Waals surface area (Å²) in [6, 6.07) is 9.74. The van der Waals surface area contributed by atoms with Crippen LogP contribution in [0.2, 0.25) is 0 Å². The fraction of sp³-hybridized carbons (Fsp3) is 0.382. The number of nitrogen functional groups attached to an aromatic ring is 1. The highest BCUT2D eigenvalue weighted by Gasteiger charge is 2.28. The number of pyridine rings is 1. The van der Waals surface area contributed by atoms with Crippen molar-refractivity contribution in [2.24, 2.45) is 13.0 Å². The lowest BCUT2D eigenvalue weighted by Crippen LogP contribution is -2.41. The Labute approximate surface area is 282 Å². The Bertz CT molecular complexity index is 2030. The van der Waals surface area contributed by atoms with Crippen molar-refractivity contribution in [2.45, 2.75) is 58.0 Å². The normalized spacial score (nSPS) is 14.8. The Balaban J connectivity index is 1.47. The van der Waals surface area contributed by atoms with Crippen molar-refractivity contribution >= 4 is 38.5 Å². The molecule has 5 rings (SSSR count). The van der Waals surface area contributed by atoms with E-state index in [2.05, 4.69) is 21.9 Å². The van der Waals surface area contributed by atoms with Gasteiger partial charge in [-0.3, -0.25) is 9.40 Å². The summed E-state index contributed by atoms with van der Waals surface area (Å²) in [5.41, 5.74) is 8.09. The average molecular weight is 699 g/mol. The predicted octanol–water partition coefficient (Wildman–Crippen LogP) is 6.46. The van der Waals surface area contributed by atoms with Crippen LogP contribution in [0.4, 0.5) is 29.5 Å². The van der Waals surface area contributed by atoms with Crippen molar-refractivity contribution in [3.8, 4) is 28.8 Å². The van der Waals surface area contributed by atoms with Crippen molar-refractivity contribution in [3.05, 3.63) is 65.6 Å². The van der Waals surface area contributed by atoms with E-state index in [-0.39, 0.29) is 29.3 Å². The molecule has 260 valence electrons. The highest BCUT2D eigenvalue weighted by molar-refractivity contribution is 7.93. The standard InChI is InChI=1S/C34H37F3N6O5S/c1-20(22-8-11-25(35)12-9-22)47-27-18-23(10-13-26(27)41-49(45,46)32(36)37)29-28-30(42(5)40-29)24(19-39-31(28)38)7-6-21-14-16-43(17-15-21)33(44)48-34(2,3)4/h8-13,18-21,32,41H,14-17H2,1-5H3,(H2,38,39)/t20-/m0/s1. The maximum atomic E-state index is 13.5. The first kappa shape index (κ1) is 35.3. The zero-order chi connectivity index (χ0) is 35.7. The summed E-state index contributed by atoms with van der Waals surface area (Å²) in [7, 11) is -3.32. The Hall–Kier alpha value is -4.97. The molecule has 0 radical (unpaired) electrons. The number of piperidine rings is 1. The molecule has 3 N–H and O–H groups in total. The minimum Gasteiger partial charge on any atom is -0.484 e. The lowest BCUT2D eigenvalue weighted by molar-refractivity contribution is 0.0199. The number of aryl methyl sites for hydroxylation is 1. The van der Waals surface area contributed by atoms with Crippen LogP contribution in [0.5, 0.6) is 5.75 Å². The second-order valence-corrected chi connectivity index (χ2v) is 14.3. The number of hydrogen-bond acceptors (Lipinski definition) is 8. The topological polar surface area (TPSA) is 142 Å². The molecule has 0 bridgehead atoms. The second-order valence-electron chi connectivity index (χ2n) is 12.7. The highest BCUT2D eigenvalue weighted by atomic mass is 32.2. The number of nitrogens with zero attached hydrogens (tertiary/aromatic N) is 4. The Morgan fingerprint density at radius 3 is 2.43 bits per heavy atom. The van der Waals surface area contributed by atoms with Crippen molar-refractivity contribution < 1.29 is 35.9 Å². The first-order valence-electron chi connectivity index (χ1n) is 15.5. The molecule has 3 heterocycles. The number of halogens is 3. The first-order valence-corrected chi connectivity index (χ1v) is 17.0. The van der Waals surface area contributed by atoms with E-state index in [1.54, 1.807) is 29.7 Å². The van der Waals surface area contributed by atoms with E-state index in [0.717, 1.165) is 0 Å². The van der Waals surface area contributed by atoms with Crippen LogP contribution in [-0.4, -0.2) is 58.6 Å². The number of nitrogens with one attached hydrogen (secondary N) is 1. The molecule has 49 heavy (non-hydrogen) atoms. The summed E-state index contributed by atoms with van der Waals surface area (Å²) >= 11 is 0. The van der Waals surface area contributed by atoms with Gasteiger partial charge in [0.1, 0.15) is 34.8 Å². The third-order valence-electron chi connectivity index (χ3n) is 7.83. The van der Waals surface area contributed by atoms with Crippen LogP contribution in [-0.2, 0) is 21.8 Å². The number of rotatable bonds is 7. The molecular formula is C34H37F3N6O5S. The fourth-order valence-electron chi connectivity index (χ4n) is 5.38. The number of hydrogen-bond donors (Lipinski definition) is 2. The van der Waals surface area contributed by atoms with Gasteiger partial charge in [0, 0.05) is 37.8 Å². The molecule has 4 aromatic rings. The molecule has 1 aliphatic heterocycles. The Morgan fingerprint density at radius 1 is 1.12 bits per heavy atom. The number of anilines is 2. The summed E-state index contributed by atoms with van der Waals surface area (Å²) in [6.07, 6.45) is 1.84. The molecule has 0 unspecified atom stereocenters. The van der Waals surface area contributed by atoms with Gasteiger partial charge in [0.15, 0.2) is 0 Å². The van der Waals surface area contributed by atoms with Crippen LogP contribution in [0.3, 0.4) is 0 Å². The zero-order valence-electron chi connectivity index (χ0n) is 27.6. The van der Waals surface area contributed by atoms with Gasteiger partial charge in [-0.25, -0.2) is 22.6 Å². The van der Waals surface area contributed by atoms with Crippen LogP contribution in [0, 0.1) is 23.6 Å². The van der Waals surface area contributed by atoms with Gasteiger partial charge < -0.3 is 20.1 Å². The number of aromatic nitrogens is 3. The number of ether oxygens (including phenoxy) is 2. The summed E-state index contributed by atoms with van der Waals surface area (Å²) < 4.78 is 79.3. The van der Waals surface area contributed by atoms with Crippen LogP contribution < -0.4 is 15.2 Å². The van der Waals surface area contributed by atoms with Crippen LogP contribution in [0.1, 0.15) is 57.8 Å². The number of amides is 1. The minimum atomic E-state index is -5.03. The molecule has 11 nitrogen and oxygen atoms in total. The Morgan fingerprint density at radius 2 is 1.80 bits per heavy atom. The van der Waals surface area contributed by atoms with Gasteiger partial charge >= 0.3 is 11.9 Å². The molecule has 1 atom stereocenters. The number of nitrogens with two attached hydrogens (primary N) is 1. The maximum absolute atomic E-state index is 13.5. The minimum absolute atomic E-state index is 0.0337.